The van der Waals surface area contributed by atoms with Gasteiger partial charge in [0, 0.05) is 11.5 Å². The minimum Gasteiger partial charge on any atom is -0.497 e. The third-order valence-electron chi connectivity index (χ3n) is 2.53. The molecule has 1 atom stereocenters. The van der Waals surface area contributed by atoms with E-state index < -0.39 is 7.80 Å². The maximum Gasteiger partial charge on any atom is 0.118 e. The molecule has 2 nitrogen and oxygen atoms in total. The number of hydrogen-bond acceptors (Lipinski definition) is 2. The van der Waals surface area contributed by atoms with Crippen molar-refractivity contribution in [2.24, 2.45) is 0 Å². The van der Waals surface area contributed by atoms with E-state index in [-0.39, 0.29) is 0 Å². The highest BCUT2D eigenvalue weighted by atomic mass is 31.1. The lowest BCUT2D eigenvalue weighted by atomic mass is 10.2. The molecule has 2 rings (SSSR count). The number of methoxy groups -OCH3 is 1. The first kappa shape index (κ1) is 11.8. The van der Waals surface area contributed by atoms with Crippen molar-refractivity contribution < 1.29 is 9.30 Å². The van der Waals surface area contributed by atoms with E-state index in [4.69, 9.17) is 4.74 Å². The summed E-state index contributed by atoms with van der Waals surface area (Å²) in [6.45, 7) is 0. The molecular formula is C14H14O2P. The molecule has 0 bridgehead atoms. The van der Waals surface area contributed by atoms with Crippen molar-refractivity contribution in [3.63, 3.8) is 0 Å². The maximum absolute atomic E-state index is 12.1. The van der Waals surface area contributed by atoms with Gasteiger partial charge in [0.2, 0.25) is 0 Å². The number of benzene rings is 2. The van der Waals surface area contributed by atoms with Gasteiger partial charge in [-0.05, 0) is 29.8 Å². The van der Waals surface area contributed by atoms with Gasteiger partial charge < -0.3 is 4.74 Å². The van der Waals surface area contributed by atoms with Crippen molar-refractivity contribution in [2.45, 2.75) is 6.16 Å². The molecule has 0 spiro atoms. The lowest BCUT2D eigenvalue weighted by molar-refractivity contribution is 0.414. The van der Waals surface area contributed by atoms with Crippen LogP contribution in [0.25, 0.3) is 0 Å². The highest BCUT2D eigenvalue weighted by Gasteiger charge is 2.05. The predicted octanol–water partition coefficient (Wildman–Crippen LogP) is 3.35. The minimum atomic E-state index is -1.36. The first-order valence-electron chi connectivity index (χ1n) is 5.42. The first-order valence-corrected chi connectivity index (χ1v) is 6.87. The summed E-state index contributed by atoms with van der Waals surface area (Å²) in [4.78, 5) is 0. The Morgan fingerprint density at radius 1 is 1.00 bits per heavy atom. The minimum absolute atomic E-state index is 0.573. The molecule has 0 amide bonds. The Kier molecular flexibility index (Phi) is 3.89. The Bertz CT molecular complexity index is 491. The summed E-state index contributed by atoms with van der Waals surface area (Å²) in [5.74, 6) is 0.823. The molecule has 0 aromatic heterocycles. The highest BCUT2D eigenvalue weighted by Crippen LogP contribution is 2.26. The average molecular weight is 245 g/mol. The molecule has 1 unspecified atom stereocenters. The van der Waals surface area contributed by atoms with Crippen LogP contribution in [0.5, 0.6) is 5.75 Å². The zero-order valence-electron chi connectivity index (χ0n) is 9.67. The molecule has 0 saturated carbocycles. The fourth-order valence-corrected chi connectivity index (χ4v) is 2.81. The van der Waals surface area contributed by atoms with E-state index in [2.05, 4.69) is 0 Å². The van der Waals surface area contributed by atoms with Crippen LogP contribution in [0.3, 0.4) is 0 Å². The van der Waals surface area contributed by atoms with Gasteiger partial charge in [-0.15, -0.1) is 0 Å². The Balaban J connectivity index is 2.08. The summed E-state index contributed by atoms with van der Waals surface area (Å²) in [5.41, 5.74) is 1.07. The number of hydrogen-bond donors (Lipinski definition) is 0. The molecule has 0 aliphatic heterocycles. The molecule has 0 saturated heterocycles. The standard InChI is InChI=1S/C14H14O2P/c1-16-13-9-7-12(8-10-13)11-17(15)14-5-3-2-4-6-14/h2-10H,11H2,1H3. The van der Waals surface area contributed by atoms with Gasteiger partial charge in [0.25, 0.3) is 0 Å². The van der Waals surface area contributed by atoms with Gasteiger partial charge in [-0.2, -0.15) is 0 Å². The molecule has 1 radical (unpaired) electrons. The Labute approximate surface area is 102 Å². The topological polar surface area (TPSA) is 26.3 Å². The quantitative estimate of drug-likeness (QED) is 0.772. The first-order chi connectivity index (χ1) is 8.29. The summed E-state index contributed by atoms with van der Waals surface area (Å²) < 4.78 is 17.2. The highest BCUT2D eigenvalue weighted by molar-refractivity contribution is 7.52. The van der Waals surface area contributed by atoms with Crippen molar-refractivity contribution in [1.82, 2.24) is 0 Å². The molecule has 87 valence electrons. The van der Waals surface area contributed by atoms with Gasteiger partial charge in [-0.1, -0.05) is 30.3 Å². The molecule has 0 aliphatic rings. The zero-order chi connectivity index (χ0) is 12.1. The molecular weight excluding hydrogens is 231 g/mol. The smallest absolute Gasteiger partial charge is 0.118 e. The SMILES string of the molecule is COc1ccc(C[P](=O)c2ccccc2)cc1. The molecule has 0 N–H and O–H groups in total. The number of rotatable bonds is 4. The van der Waals surface area contributed by atoms with E-state index in [0.717, 1.165) is 16.6 Å². The lowest BCUT2D eigenvalue weighted by Gasteiger charge is -2.03. The van der Waals surface area contributed by atoms with E-state index in [0.29, 0.717) is 6.16 Å². The van der Waals surface area contributed by atoms with Gasteiger partial charge in [0.1, 0.15) is 13.6 Å². The van der Waals surface area contributed by atoms with Crippen LogP contribution in [0.4, 0.5) is 0 Å². The van der Waals surface area contributed by atoms with Gasteiger partial charge in [-0.25, -0.2) is 0 Å². The van der Waals surface area contributed by atoms with Gasteiger partial charge in [0.15, 0.2) is 0 Å². The summed E-state index contributed by atoms with van der Waals surface area (Å²) in [6.07, 6.45) is 0.573. The summed E-state index contributed by atoms with van der Waals surface area (Å²) in [5, 5.41) is 0.901. The zero-order valence-corrected chi connectivity index (χ0v) is 10.6. The van der Waals surface area contributed by atoms with Crippen LogP contribution in [0.1, 0.15) is 5.56 Å². The van der Waals surface area contributed by atoms with Gasteiger partial charge >= 0.3 is 0 Å². The van der Waals surface area contributed by atoms with Crippen molar-refractivity contribution in [3.05, 3.63) is 60.2 Å². The van der Waals surface area contributed by atoms with E-state index >= 15 is 0 Å². The second-order valence-corrected chi connectivity index (χ2v) is 5.31. The van der Waals surface area contributed by atoms with Crippen LogP contribution in [0.2, 0.25) is 0 Å². The normalized spacial score (nSPS) is 11.0. The monoisotopic (exact) mass is 245 g/mol. The van der Waals surface area contributed by atoms with E-state index in [1.165, 1.54) is 0 Å². The Morgan fingerprint density at radius 3 is 2.24 bits per heavy atom. The van der Waals surface area contributed by atoms with Crippen molar-refractivity contribution >= 4 is 13.1 Å². The largest absolute Gasteiger partial charge is 0.497 e. The summed E-state index contributed by atoms with van der Waals surface area (Å²) >= 11 is 0. The van der Waals surface area contributed by atoms with Crippen LogP contribution in [-0.2, 0) is 10.7 Å². The predicted molar refractivity (Wildman–Crippen MR) is 70.4 cm³/mol. The third kappa shape index (κ3) is 3.15. The van der Waals surface area contributed by atoms with Crippen LogP contribution < -0.4 is 10.0 Å². The Morgan fingerprint density at radius 2 is 1.65 bits per heavy atom. The van der Waals surface area contributed by atoms with Crippen molar-refractivity contribution in [3.8, 4) is 5.75 Å². The van der Waals surface area contributed by atoms with Crippen molar-refractivity contribution in [2.75, 3.05) is 7.11 Å². The maximum atomic E-state index is 12.1. The Hall–Kier alpha value is -1.66. The molecule has 2 aromatic rings. The molecule has 0 aliphatic carbocycles. The molecule has 0 heterocycles. The van der Waals surface area contributed by atoms with E-state index in [1.54, 1.807) is 7.11 Å². The summed E-state index contributed by atoms with van der Waals surface area (Å²) in [7, 11) is 0.282. The van der Waals surface area contributed by atoms with Crippen LogP contribution in [0, 0.1) is 0 Å². The molecule has 17 heavy (non-hydrogen) atoms. The summed E-state index contributed by atoms with van der Waals surface area (Å²) in [6, 6.07) is 17.3. The fraction of sp³-hybridized carbons (Fsp3) is 0.143. The number of ether oxygens (including phenoxy) is 1. The fourth-order valence-electron chi connectivity index (χ4n) is 1.58. The lowest BCUT2D eigenvalue weighted by Crippen LogP contribution is -1.96. The van der Waals surface area contributed by atoms with Crippen LogP contribution >= 0.6 is 7.80 Å². The molecule has 0 fully saturated rings. The molecule has 3 heteroatoms. The second kappa shape index (κ2) is 5.60. The van der Waals surface area contributed by atoms with Crippen LogP contribution in [0.15, 0.2) is 54.6 Å². The van der Waals surface area contributed by atoms with E-state index in [9.17, 15) is 4.57 Å². The second-order valence-electron chi connectivity index (χ2n) is 3.72. The molecule has 2 aromatic carbocycles. The average Bonchev–Trinajstić information content (AvgIpc) is 2.40. The third-order valence-corrected chi connectivity index (χ3v) is 4.06. The van der Waals surface area contributed by atoms with E-state index in [1.807, 2.05) is 54.6 Å². The van der Waals surface area contributed by atoms with Gasteiger partial charge in [-0.3, -0.25) is 4.57 Å². The van der Waals surface area contributed by atoms with Gasteiger partial charge in [0.05, 0.1) is 7.11 Å². The van der Waals surface area contributed by atoms with Crippen LogP contribution in [-0.4, -0.2) is 7.11 Å². The van der Waals surface area contributed by atoms with Crippen molar-refractivity contribution in [1.29, 1.82) is 0 Å².